The van der Waals surface area contributed by atoms with E-state index in [1.807, 2.05) is 0 Å². The van der Waals surface area contributed by atoms with Gasteiger partial charge in [0.25, 0.3) is 0 Å². The van der Waals surface area contributed by atoms with Gasteiger partial charge in [-0.1, -0.05) is 25.7 Å². The van der Waals surface area contributed by atoms with E-state index < -0.39 is 0 Å². The number of hydrogen-bond acceptors (Lipinski definition) is 2. The van der Waals surface area contributed by atoms with Crippen LogP contribution < -0.4 is 0 Å². The van der Waals surface area contributed by atoms with Gasteiger partial charge in [-0.2, -0.15) is 0 Å². The summed E-state index contributed by atoms with van der Waals surface area (Å²) in [5.41, 5.74) is 0. The summed E-state index contributed by atoms with van der Waals surface area (Å²) in [4.78, 5) is 0. The molecule has 0 saturated heterocycles. The molecule has 3 nitrogen and oxygen atoms in total. The third kappa shape index (κ3) is 3.01. The molecule has 0 N–H and O–H groups in total. The minimum atomic E-state index is 0.400. The first-order valence-corrected chi connectivity index (χ1v) is 7.24. The Morgan fingerprint density at radius 3 is 2.47 bits per heavy atom. The fourth-order valence-corrected chi connectivity index (χ4v) is 3.03. The molecule has 0 bridgehead atoms. The largest absolute Gasteiger partial charge is 0.311 e. The second kappa shape index (κ2) is 5.85. The molecule has 2 rings (SSSR count). The van der Waals surface area contributed by atoms with E-state index in [-0.39, 0.29) is 0 Å². The topological polar surface area (TPSA) is 30.7 Å². The number of hydrogen-bond donors (Lipinski definition) is 0. The molecular formula is C13H22ClN3. The molecule has 96 valence electrons. The number of rotatable bonds is 5. The lowest BCUT2D eigenvalue weighted by Crippen LogP contribution is -2.10. The molecule has 1 aromatic rings. The number of halogens is 1. The molecule has 1 fully saturated rings. The van der Waals surface area contributed by atoms with Gasteiger partial charge in [0.15, 0.2) is 0 Å². The molecule has 0 amide bonds. The molecule has 0 atom stereocenters. The Morgan fingerprint density at radius 1 is 1.24 bits per heavy atom. The average Bonchev–Trinajstić information content (AvgIpc) is 2.95. The Labute approximate surface area is 109 Å². The first kappa shape index (κ1) is 12.9. The summed E-state index contributed by atoms with van der Waals surface area (Å²) in [6, 6.07) is 0.400. The molecule has 0 unspecified atom stereocenters. The van der Waals surface area contributed by atoms with Crippen LogP contribution in [0.3, 0.4) is 0 Å². The first-order chi connectivity index (χ1) is 8.22. The van der Waals surface area contributed by atoms with Crippen molar-refractivity contribution < 1.29 is 0 Å². The van der Waals surface area contributed by atoms with Gasteiger partial charge in [-0.3, -0.25) is 0 Å². The van der Waals surface area contributed by atoms with E-state index in [2.05, 4.69) is 28.6 Å². The van der Waals surface area contributed by atoms with Gasteiger partial charge in [-0.25, -0.2) is 0 Å². The quantitative estimate of drug-likeness (QED) is 0.751. The zero-order chi connectivity index (χ0) is 12.3. The van der Waals surface area contributed by atoms with Crippen LogP contribution in [-0.4, -0.2) is 14.8 Å². The molecule has 0 radical (unpaired) electrons. The summed E-state index contributed by atoms with van der Waals surface area (Å²) in [6.07, 6.45) is 7.93. The van der Waals surface area contributed by atoms with Crippen molar-refractivity contribution >= 4 is 11.6 Å². The summed E-state index contributed by atoms with van der Waals surface area (Å²) in [5.74, 6) is 3.38. The maximum Gasteiger partial charge on any atom is 0.148 e. The van der Waals surface area contributed by atoms with Gasteiger partial charge >= 0.3 is 0 Å². The first-order valence-electron chi connectivity index (χ1n) is 6.71. The third-order valence-corrected chi connectivity index (χ3v) is 3.96. The summed E-state index contributed by atoms with van der Waals surface area (Å²) in [7, 11) is 0. The lowest BCUT2D eigenvalue weighted by molar-refractivity contribution is 0.475. The molecule has 1 aliphatic rings. The lowest BCUT2D eigenvalue weighted by atomic mass is 10.0. The van der Waals surface area contributed by atoms with Gasteiger partial charge in [-0.15, -0.1) is 21.8 Å². The van der Waals surface area contributed by atoms with Gasteiger partial charge in [0, 0.05) is 12.5 Å². The lowest BCUT2D eigenvalue weighted by Gasteiger charge is -2.14. The maximum atomic E-state index is 5.89. The molecular weight excluding hydrogens is 234 g/mol. The van der Waals surface area contributed by atoms with Gasteiger partial charge in [0.1, 0.15) is 11.6 Å². The third-order valence-electron chi connectivity index (χ3n) is 3.72. The highest BCUT2D eigenvalue weighted by atomic mass is 35.5. The molecule has 17 heavy (non-hydrogen) atoms. The molecule has 0 aromatic carbocycles. The number of alkyl halides is 1. The minimum absolute atomic E-state index is 0.400. The molecule has 0 aliphatic heterocycles. The van der Waals surface area contributed by atoms with Crippen LogP contribution in [0.15, 0.2) is 0 Å². The van der Waals surface area contributed by atoms with E-state index in [0.717, 1.165) is 24.0 Å². The number of nitrogens with zero attached hydrogens (tertiary/aromatic N) is 3. The highest BCUT2D eigenvalue weighted by Crippen LogP contribution is 2.28. The normalized spacial score (nSPS) is 17.2. The smallest absolute Gasteiger partial charge is 0.148 e. The van der Waals surface area contributed by atoms with Gasteiger partial charge in [-0.05, 0) is 26.2 Å². The fourth-order valence-electron chi connectivity index (χ4n) is 2.85. The predicted molar refractivity (Wildman–Crippen MR) is 70.2 cm³/mol. The van der Waals surface area contributed by atoms with Crippen molar-refractivity contribution in [3.05, 3.63) is 11.6 Å². The van der Waals surface area contributed by atoms with E-state index in [4.69, 9.17) is 11.6 Å². The van der Waals surface area contributed by atoms with Gasteiger partial charge in [0.2, 0.25) is 0 Å². The molecule has 0 spiro atoms. The zero-order valence-corrected chi connectivity index (χ0v) is 11.6. The molecule has 4 heteroatoms. The van der Waals surface area contributed by atoms with Crippen molar-refractivity contribution in [3.8, 4) is 0 Å². The highest BCUT2D eigenvalue weighted by Gasteiger charge is 2.18. The van der Waals surface area contributed by atoms with E-state index >= 15 is 0 Å². The van der Waals surface area contributed by atoms with E-state index in [1.165, 1.54) is 32.1 Å². The second-order valence-corrected chi connectivity index (χ2v) is 5.59. The van der Waals surface area contributed by atoms with E-state index in [1.54, 1.807) is 0 Å². The molecule has 1 aromatic heterocycles. The Kier molecular flexibility index (Phi) is 4.43. The summed E-state index contributed by atoms with van der Waals surface area (Å²) in [6.45, 7) is 4.33. The van der Waals surface area contributed by atoms with Crippen LogP contribution in [0.5, 0.6) is 0 Å². The van der Waals surface area contributed by atoms with Crippen LogP contribution >= 0.6 is 11.6 Å². The van der Waals surface area contributed by atoms with E-state index in [9.17, 15) is 0 Å². The van der Waals surface area contributed by atoms with Crippen molar-refractivity contribution in [1.82, 2.24) is 14.8 Å². The fraction of sp³-hybridized carbons (Fsp3) is 0.846. The SMILES string of the molecule is CC(C)n1c(CCl)nnc1CCC1CCCC1. The van der Waals surface area contributed by atoms with Crippen molar-refractivity contribution in [2.24, 2.45) is 5.92 Å². The molecule has 1 saturated carbocycles. The van der Waals surface area contributed by atoms with Crippen LogP contribution in [0.25, 0.3) is 0 Å². The van der Waals surface area contributed by atoms with Gasteiger partial charge in [0.05, 0.1) is 5.88 Å². The summed E-state index contributed by atoms with van der Waals surface area (Å²) in [5, 5.41) is 8.48. The second-order valence-electron chi connectivity index (χ2n) is 5.32. The Morgan fingerprint density at radius 2 is 1.88 bits per heavy atom. The van der Waals surface area contributed by atoms with Crippen LogP contribution in [0.2, 0.25) is 0 Å². The van der Waals surface area contributed by atoms with Crippen LogP contribution in [0.4, 0.5) is 0 Å². The Bertz CT molecular complexity index is 354. The average molecular weight is 256 g/mol. The summed E-state index contributed by atoms with van der Waals surface area (Å²) >= 11 is 5.89. The summed E-state index contributed by atoms with van der Waals surface area (Å²) < 4.78 is 2.20. The van der Waals surface area contributed by atoms with Crippen molar-refractivity contribution in [1.29, 1.82) is 0 Å². The minimum Gasteiger partial charge on any atom is -0.311 e. The Hall–Kier alpha value is -0.570. The molecule has 1 aliphatic carbocycles. The van der Waals surface area contributed by atoms with Crippen molar-refractivity contribution in [2.75, 3.05) is 0 Å². The monoisotopic (exact) mass is 255 g/mol. The number of aryl methyl sites for hydroxylation is 1. The highest BCUT2D eigenvalue weighted by molar-refractivity contribution is 6.16. The Balaban J connectivity index is 2.01. The van der Waals surface area contributed by atoms with E-state index in [0.29, 0.717) is 11.9 Å². The maximum absolute atomic E-state index is 5.89. The zero-order valence-electron chi connectivity index (χ0n) is 10.8. The standard InChI is InChI=1S/C13H22ClN3/c1-10(2)17-12(15-16-13(17)9-14)8-7-11-5-3-4-6-11/h10-11H,3-9H2,1-2H3. The van der Waals surface area contributed by atoms with Crippen LogP contribution in [0, 0.1) is 5.92 Å². The van der Waals surface area contributed by atoms with Crippen LogP contribution in [-0.2, 0) is 12.3 Å². The van der Waals surface area contributed by atoms with Gasteiger partial charge < -0.3 is 4.57 Å². The number of aromatic nitrogens is 3. The van der Waals surface area contributed by atoms with Crippen molar-refractivity contribution in [2.45, 2.75) is 64.3 Å². The van der Waals surface area contributed by atoms with Crippen LogP contribution in [0.1, 0.15) is 63.6 Å². The van der Waals surface area contributed by atoms with Crippen molar-refractivity contribution in [3.63, 3.8) is 0 Å². The molecule has 1 heterocycles. The predicted octanol–water partition coefficient (Wildman–Crippen LogP) is 3.72.